The summed E-state index contributed by atoms with van der Waals surface area (Å²) in [5, 5.41) is 10.9. The van der Waals surface area contributed by atoms with Crippen LogP contribution in [0, 0.1) is 5.92 Å². The molecule has 17 heavy (non-hydrogen) atoms. The molecule has 0 aliphatic carbocycles. The van der Waals surface area contributed by atoms with Crippen molar-refractivity contribution in [2.24, 2.45) is 5.92 Å². The summed E-state index contributed by atoms with van der Waals surface area (Å²) in [7, 11) is 1.27. The summed E-state index contributed by atoms with van der Waals surface area (Å²) in [4.78, 5) is 11.6. The number of esters is 1. The van der Waals surface area contributed by atoms with Crippen LogP contribution in [0.2, 0.25) is 5.02 Å². The molecule has 1 rings (SSSR count). The molecule has 2 atom stereocenters. The van der Waals surface area contributed by atoms with Crippen molar-refractivity contribution in [1.82, 2.24) is 0 Å². The molecule has 0 radical (unpaired) electrons. The number of aliphatic hydroxyl groups is 1. The standard InChI is InChI=1S/C13H15ClO3/c1-4-11(12(15)17-3)13(2,16)9-6-5-7-10(14)8-9/h4-8,11,16H,1H2,2-3H3/t11-,13-/m0/s1. The minimum absolute atomic E-state index is 0.496. The molecule has 0 fully saturated rings. The lowest BCUT2D eigenvalue weighted by Crippen LogP contribution is -2.36. The molecule has 0 aromatic heterocycles. The number of hydrogen-bond acceptors (Lipinski definition) is 3. The maximum absolute atomic E-state index is 11.6. The number of halogens is 1. The van der Waals surface area contributed by atoms with Gasteiger partial charge in [-0.2, -0.15) is 0 Å². The Morgan fingerprint density at radius 1 is 1.65 bits per heavy atom. The molecule has 0 spiro atoms. The van der Waals surface area contributed by atoms with E-state index in [1.807, 2.05) is 0 Å². The van der Waals surface area contributed by atoms with Gasteiger partial charge >= 0.3 is 5.97 Å². The second kappa shape index (κ2) is 5.34. The molecule has 1 aromatic carbocycles. The normalized spacial score (nSPS) is 15.8. The van der Waals surface area contributed by atoms with Gasteiger partial charge in [0.05, 0.1) is 7.11 Å². The summed E-state index contributed by atoms with van der Waals surface area (Å²) >= 11 is 5.86. The van der Waals surface area contributed by atoms with Gasteiger partial charge in [0.1, 0.15) is 11.5 Å². The van der Waals surface area contributed by atoms with Gasteiger partial charge in [0.2, 0.25) is 0 Å². The van der Waals surface area contributed by atoms with Gasteiger partial charge in [0.25, 0.3) is 0 Å². The third kappa shape index (κ3) is 2.87. The Morgan fingerprint density at radius 3 is 2.76 bits per heavy atom. The maximum Gasteiger partial charge on any atom is 0.315 e. The Morgan fingerprint density at radius 2 is 2.29 bits per heavy atom. The Bertz CT molecular complexity index is 426. The van der Waals surface area contributed by atoms with Gasteiger partial charge in [-0.25, -0.2) is 0 Å². The zero-order valence-electron chi connectivity index (χ0n) is 9.81. The minimum Gasteiger partial charge on any atom is -0.468 e. The maximum atomic E-state index is 11.6. The molecule has 0 saturated heterocycles. The van der Waals surface area contributed by atoms with Crippen LogP contribution < -0.4 is 0 Å². The van der Waals surface area contributed by atoms with Crippen molar-refractivity contribution >= 4 is 17.6 Å². The van der Waals surface area contributed by atoms with Crippen molar-refractivity contribution in [3.63, 3.8) is 0 Å². The molecule has 0 bridgehead atoms. The third-order valence-electron chi connectivity index (χ3n) is 2.71. The lowest BCUT2D eigenvalue weighted by molar-refractivity contribution is -0.152. The molecule has 4 heteroatoms. The summed E-state index contributed by atoms with van der Waals surface area (Å²) in [5.41, 5.74) is -0.861. The first-order valence-electron chi connectivity index (χ1n) is 5.12. The monoisotopic (exact) mass is 254 g/mol. The van der Waals surface area contributed by atoms with E-state index in [9.17, 15) is 9.90 Å². The number of rotatable bonds is 4. The zero-order chi connectivity index (χ0) is 13.1. The fourth-order valence-corrected chi connectivity index (χ4v) is 1.86. The highest BCUT2D eigenvalue weighted by Crippen LogP contribution is 2.32. The highest BCUT2D eigenvalue weighted by Gasteiger charge is 2.37. The van der Waals surface area contributed by atoms with E-state index in [1.165, 1.54) is 20.1 Å². The minimum atomic E-state index is -1.40. The van der Waals surface area contributed by atoms with Crippen LogP contribution in [0.15, 0.2) is 36.9 Å². The van der Waals surface area contributed by atoms with E-state index in [-0.39, 0.29) is 0 Å². The SMILES string of the molecule is C=C[C@@H](C(=O)OC)[C@@](C)(O)c1cccc(Cl)c1. The molecule has 3 nitrogen and oxygen atoms in total. The van der Waals surface area contributed by atoms with Crippen LogP contribution in [0.1, 0.15) is 12.5 Å². The van der Waals surface area contributed by atoms with Gasteiger partial charge < -0.3 is 9.84 Å². The third-order valence-corrected chi connectivity index (χ3v) is 2.94. The molecule has 0 unspecified atom stereocenters. The van der Waals surface area contributed by atoms with Crippen LogP contribution in [0.25, 0.3) is 0 Å². The first-order valence-corrected chi connectivity index (χ1v) is 5.50. The van der Waals surface area contributed by atoms with Gasteiger partial charge in [0.15, 0.2) is 0 Å². The largest absolute Gasteiger partial charge is 0.468 e. The molecule has 0 amide bonds. The van der Waals surface area contributed by atoms with Gasteiger partial charge in [0, 0.05) is 5.02 Å². The zero-order valence-corrected chi connectivity index (χ0v) is 10.6. The molecule has 0 aliphatic heterocycles. The predicted octanol–water partition coefficient (Wildman–Crippen LogP) is 2.52. The van der Waals surface area contributed by atoms with Crippen LogP contribution in [-0.2, 0) is 15.1 Å². The number of carbonyl (C=O) groups excluding carboxylic acids is 1. The molecular formula is C13H15ClO3. The number of hydrogen-bond donors (Lipinski definition) is 1. The molecule has 1 N–H and O–H groups in total. The average molecular weight is 255 g/mol. The molecule has 92 valence electrons. The Balaban J connectivity index is 3.16. The van der Waals surface area contributed by atoms with Crippen LogP contribution in [0.5, 0.6) is 0 Å². The first kappa shape index (κ1) is 13.7. The number of carbonyl (C=O) groups is 1. The fraction of sp³-hybridized carbons (Fsp3) is 0.308. The van der Waals surface area contributed by atoms with Crippen molar-refractivity contribution in [3.8, 4) is 0 Å². The fourth-order valence-electron chi connectivity index (χ4n) is 1.67. The van der Waals surface area contributed by atoms with Gasteiger partial charge in [-0.1, -0.05) is 29.8 Å². The lowest BCUT2D eigenvalue weighted by atomic mass is 9.83. The average Bonchev–Trinajstić information content (AvgIpc) is 2.29. The van der Waals surface area contributed by atoms with Crippen LogP contribution >= 0.6 is 11.6 Å². The summed E-state index contributed by atoms with van der Waals surface area (Å²) in [6.45, 7) is 5.08. The van der Waals surface area contributed by atoms with E-state index in [1.54, 1.807) is 24.3 Å². The molecule has 0 heterocycles. The summed E-state index contributed by atoms with van der Waals surface area (Å²) in [6, 6.07) is 6.72. The number of benzene rings is 1. The molecular weight excluding hydrogens is 240 g/mol. The number of ether oxygens (including phenoxy) is 1. The second-order valence-electron chi connectivity index (χ2n) is 3.89. The predicted molar refractivity (Wildman–Crippen MR) is 66.7 cm³/mol. The van der Waals surface area contributed by atoms with E-state index in [4.69, 9.17) is 11.6 Å². The van der Waals surface area contributed by atoms with Crippen LogP contribution in [0.3, 0.4) is 0 Å². The molecule has 0 aliphatic rings. The lowest BCUT2D eigenvalue weighted by Gasteiger charge is -2.29. The Kier molecular flexibility index (Phi) is 4.32. The summed E-state index contributed by atoms with van der Waals surface area (Å²) < 4.78 is 4.64. The van der Waals surface area contributed by atoms with Crippen molar-refractivity contribution in [2.45, 2.75) is 12.5 Å². The first-order chi connectivity index (χ1) is 7.93. The summed E-state index contributed by atoms with van der Waals surface area (Å²) in [6.07, 6.45) is 1.37. The highest BCUT2D eigenvalue weighted by molar-refractivity contribution is 6.30. The topological polar surface area (TPSA) is 46.5 Å². The van der Waals surface area contributed by atoms with Crippen molar-refractivity contribution < 1.29 is 14.6 Å². The van der Waals surface area contributed by atoms with Crippen molar-refractivity contribution in [3.05, 3.63) is 47.5 Å². The van der Waals surface area contributed by atoms with Gasteiger partial charge in [-0.15, -0.1) is 6.58 Å². The van der Waals surface area contributed by atoms with Crippen molar-refractivity contribution in [2.75, 3.05) is 7.11 Å². The van der Waals surface area contributed by atoms with Gasteiger partial charge in [-0.3, -0.25) is 4.79 Å². The van der Waals surface area contributed by atoms with E-state index in [0.29, 0.717) is 10.6 Å². The molecule has 1 aromatic rings. The van der Waals surface area contributed by atoms with E-state index < -0.39 is 17.5 Å². The second-order valence-corrected chi connectivity index (χ2v) is 4.33. The smallest absolute Gasteiger partial charge is 0.315 e. The summed E-state index contributed by atoms with van der Waals surface area (Å²) in [5.74, 6) is -1.38. The van der Waals surface area contributed by atoms with E-state index >= 15 is 0 Å². The highest BCUT2D eigenvalue weighted by atomic mass is 35.5. The van der Waals surface area contributed by atoms with Crippen LogP contribution in [-0.4, -0.2) is 18.2 Å². The Hall–Kier alpha value is -1.32. The van der Waals surface area contributed by atoms with Gasteiger partial charge in [-0.05, 0) is 24.6 Å². The number of methoxy groups -OCH3 is 1. The van der Waals surface area contributed by atoms with Crippen molar-refractivity contribution in [1.29, 1.82) is 0 Å². The van der Waals surface area contributed by atoms with Crippen LogP contribution in [0.4, 0.5) is 0 Å². The quantitative estimate of drug-likeness (QED) is 0.663. The van der Waals surface area contributed by atoms with E-state index in [2.05, 4.69) is 11.3 Å². The molecule has 0 saturated carbocycles. The Labute approximate surface area is 106 Å². The van der Waals surface area contributed by atoms with E-state index in [0.717, 1.165) is 0 Å².